The van der Waals surface area contributed by atoms with E-state index in [0.717, 1.165) is 12.8 Å². The molecule has 3 N–H and O–H groups in total. The van der Waals surface area contributed by atoms with Gasteiger partial charge in [0, 0.05) is 11.1 Å². The van der Waals surface area contributed by atoms with Gasteiger partial charge in [0.25, 0.3) is 10.0 Å². The molecule has 0 amide bonds. The van der Waals surface area contributed by atoms with Gasteiger partial charge in [-0.3, -0.25) is 4.72 Å². The van der Waals surface area contributed by atoms with Crippen molar-refractivity contribution >= 4 is 33.3 Å². The van der Waals surface area contributed by atoms with Crippen molar-refractivity contribution < 1.29 is 22.7 Å². The van der Waals surface area contributed by atoms with Gasteiger partial charge in [-0.2, -0.15) is 5.10 Å². The Bertz CT molecular complexity index is 1250. The molecule has 33 heavy (non-hydrogen) atoms. The first-order valence-electron chi connectivity index (χ1n) is 10.2. The Morgan fingerprint density at radius 3 is 2.64 bits per heavy atom. The van der Waals surface area contributed by atoms with Crippen molar-refractivity contribution in [3.63, 3.8) is 0 Å². The van der Waals surface area contributed by atoms with Crippen LogP contribution in [-0.4, -0.2) is 43.9 Å². The summed E-state index contributed by atoms with van der Waals surface area (Å²) in [6.45, 7) is 0.475. The highest BCUT2D eigenvalue weighted by Crippen LogP contribution is 2.29. The van der Waals surface area contributed by atoms with Gasteiger partial charge in [0.15, 0.2) is 0 Å². The zero-order valence-electron chi connectivity index (χ0n) is 17.8. The van der Waals surface area contributed by atoms with E-state index in [4.69, 9.17) is 26.8 Å². The highest BCUT2D eigenvalue weighted by atomic mass is 35.5. The summed E-state index contributed by atoms with van der Waals surface area (Å²) in [7, 11) is -2.81. The number of ether oxygens (including phenoxy) is 2. The largest absolute Gasteiger partial charge is 0.493 e. The first-order valence-corrected chi connectivity index (χ1v) is 12.1. The molecule has 1 fully saturated rings. The monoisotopic (exact) mass is 490 g/mol. The minimum Gasteiger partial charge on any atom is -0.493 e. The van der Waals surface area contributed by atoms with Crippen LogP contribution in [0.25, 0.3) is 5.69 Å². The minimum absolute atomic E-state index is 0.0361. The van der Waals surface area contributed by atoms with E-state index in [0.29, 0.717) is 29.0 Å². The molecule has 0 aliphatic heterocycles. The zero-order chi connectivity index (χ0) is 23.6. The van der Waals surface area contributed by atoms with Crippen LogP contribution in [0.15, 0.2) is 59.8 Å². The number of nitrogens with zero attached hydrogens (tertiary/aromatic N) is 2. The lowest BCUT2D eigenvalue weighted by molar-refractivity contribution is 0.0601. The topological polar surface area (TPSA) is 126 Å². The second kappa shape index (κ2) is 9.42. The van der Waals surface area contributed by atoms with Crippen molar-refractivity contribution in [2.24, 2.45) is 11.7 Å². The normalized spacial score (nSPS) is 17.8. The molecule has 0 atom stereocenters. The van der Waals surface area contributed by atoms with Gasteiger partial charge in [0.05, 0.1) is 43.0 Å². The highest BCUT2D eigenvalue weighted by Gasteiger charge is 2.27. The Hall–Kier alpha value is -3.08. The van der Waals surface area contributed by atoms with Crippen molar-refractivity contribution in [1.29, 1.82) is 0 Å². The SMILES string of the molecule is COC(=O)c1cc(OC[C@H]2C[C@@H](N)C2)ccc1NS(=O)(=O)c1cnn(-c2ccc(Cl)cc2)c1. The van der Waals surface area contributed by atoms with E-state index in [2.05, 4.69) is 9.82 Å². The lowest BCUT2D eigenvalue weighted by Crippen LogP contribution is -2.39. The van der Waals surface area contributed by atoms with Gasteiger partial charge in [-0.1, -0.05) is 11.6 Å². The fraction of sp³-hybridized carbons (Fsp3) is 0.273. The van der Waals surface area contributed by atoms with Gasteiger partial charge < -0.3 is 15.2 Å². The number of halogens is 1. The van der Waals surface area contributed by atoms with Gasteiger partial charge in [-0.25, -0.2) is 17.9 Å². The fourth-order valence-corrected chi connectivity index (χ4v) is 4.64. The number of benzene rings is 2. The summed E-state index contributed by atoms with van der Waals surface area (Å²) in [4.78, 5) is 12.2. The minimum atomic E-state index is -4.03. The summed E-state index contributed by atoms with van der Waals surface area (Å²) in [6.07, 6.45) is 4.37. The molecule has 11 heteroatoms. The smallest absolute Gasteiger partial charge is 0.340 e. The van der Waals surface area contributed by atoms with Crippen LogP contribution < -0.4 is 15.2 Å². The molecule has 1 saturated carbocycles. The molecule has 3 aromatic rings. The summed E-state index contributed by atoms with van der Waals surface area (Å²) in [5.74, 6) is 0.118. The maximum absolute atomic E-state index is 13.0. The van der Waals surface area contributed by atoms with E-state index in [1.54, 1.807) is 30.3 Å². The van der Waals surface area contributed by atoms with Crippen LogP contribution in [0.1, 0.15) is 23.2 Å². The number of carbonyl (C=O) groups is 1. The number of hydrogen-bond acceptors (Lipinski definition) is 7. The van der Waals surface area contributed by atoms with Crippen LogP contribution >= 0.6 is 11.6 Å². The lowest BCUT2D eigenvalue weighted by atomic mass is 9.82. The molecule has 1 aromatic heterocycles. The third kappa shape index (κ3) is 5.29. The lowest BCUT2D eigenvalue weighted by Gasteiger charge is -2.32. The van der Waals surface area contributed by atoms with Crippen LogP contribution in [0, 0.1) is 5.92 Å². The molecular formula is C22H23ClN4O5S. The third-order valence-corrected chi connectivity index (χ3v) is 6.93. The second-order valence-corrected chi connectivity index (χ2v) is 9.93. The number of carbonyl (C=O) groups excluding carboxylic acids is 1. The predicted molar refractivity (Wildman–Crippen MR) is 123 cm³/mol. The van der Waals surface area contributed by atoms with Crippen LogP contribution in [0.2, 0.25) is 5.02 Å². The van der Waals surface area contributed by atoms with Crippen LogP contribution in [0.3, 0.4) is 0 Å². The molecular weight excluding hydrogens is 468 g/mol. The summed E-state index contributed by atoms with van der Waals surface area (Å²) >= 11 is 5.89. The zero-order valence-corrected chi connectivity index (χ0v) is 19.3. The van der Waals surface area contributed by atoms with E-state index in [-0.39, 0.29) is 22.2 Å². The first-order chi connectivity index (χ1) is 15.7. The van der Waals surface area contributed by atoms with Gasteiger partial charge >= 0.3 is 5.97 Å². The highest BCUT2D eigenvalue weighted by molar-refractivity contribution is 7.92. The average Bonchev–Trinajstić information content (AvgIpc) is 3.28. The second-order valence-electron chi connectivity index (χ2n) is 7.81. The van der Waals surface area contributed by atoms with Crippen molar-refractivity contribution in [2.45, 2.75) is 23.8 Å². The summed E-state index contributed by atoms with van der Waals surface area (Å²) in [6, 6.07) is 11.5. The molecule has 0 saturated heterocycles. The predicted octanol–water partition coefficient (Wildman–Crippen LogP) is 3.23. The van der Waals surface area contributed by atoms with E-state index in [9.17, 15) is 13.2 Å². The molecule has 1 aliphatic rings. The van der Waals surface area contributed by atoms with E-state index < -0.39 is 16.0 Å². The summed E-state index contributed by atoms with van der Waals surface area (Å²) in [5, 5.41) is 4.66. The number of anilines is 1. The van der Waals surface area contributed by atoms with Crippen LogP contribution in [0.5, 0.6) is 5.75 Å². The molecule has 9 nitrogen and oxygen atoms in total. The average molecular weight is 491 g/mol. The van der Waals surface area contributed by atoms with Crippen LogP contribution in [-0.2, 0) is 14.8 Å². The molecule has 0 unspecified atom stereocenters. The standard InChI is InChI=1S/C22H23ClN4O5S/c1-31-22(28)20-10-18(32-13-14-8-16(24)9-14)6-7-21(20)26-33(29,30)19-11-25-27(12-19)17-4-2-15(23)3-5-17/h2-7,10-12,14,16,26H,8-9,13,24H2,1H3/t14-,16+. The van der Waals surface area contributed by atoms with Gasteiger partial charge in [0.1, 0.15) is 10.6 Å². The summed E-state index contributed by atoms with van der Waals surface area (Å²) < 4.78 is 40.4. The van der Waals surface area contributed by atoms with Crippen molar-refractivity contribution in [3.8, 4) is 11.4 Å². The maximum Gasteiger partial charge on any atom is 0.340 e. The number of nitrogens with two attached hydrogens (primary N) is 1. The van der Waals surface area contributed by atoms with E-state index >= 15 is 0 Å². The fourth-order valence-electron chi connectivity index (χ4n) is 3.50. The number of rotatable bonds is 8. The molecule has 0 radical (unpaired) electrons. The van der Waals surface area contributed by atoms with Crippen molar-refractivity contribution in [2.75, 3.05) is 18.4 Å². The Morgan fingerprint density at radius 2 is 1.97 bits per heavy atom. The van der Waals surface area contributed by atoms with Gasteiger partial charge in [-0.15, -0.1) is 0 Å². The Balaban J connectivity index is 1.54. The number of esters is 1. The number of hydrogen-bond donors (Lipinski definition) is 2. The van der Waals surface area contributed by atoms with Crippen LogP contribution in [0.4, 0.5) is 5.69 Å². The van der Waals surface area contributed by atoms with E-state index in [1.165, 1.54) is 36.3 Å². The Kier molecular flexibility index (Phi) is 6.59. The maximum atomic E-state index is 13.0. The molecule has 174 valence electrons. The molecule has 2 aromatic carbocycles. The third-order valence-electron chi connectivity index (χ3n) is 5.36. The molecule has 0 bridgehead atoms. The Labute approximate surface area is 196 Å². The number of sulfonamides is 1. The molecule has 1 aliphatic carbocycles. The van der Waals surface area contributed by atoms with Crippen molar-refractivity contribution in [1.82, 2.24) is 9.78 Å². The molecule has 0 spiro atoms. The summed E-state index contributed by atoms with van der Waals surface area (Å²) in [5.41, 5.74) is 6.54. The van der Waals surface area contributed by atoms with Gasteiger partial charge in [0.2, 0.25) is 0 Å². The number of nitrogens with one attached hydrogen (secondary N) is 1. The van der Waals surface area contributed by atoms with Gasteiger partial charge in [-0.05, 0) is 61.2 Å². The number of methoxy groups -OCH3 is 1. The molecule has 1 heterocycles. The molecule has 4 rings (SSSR count). The quantitative estimate of drug-likeness (QED) is 0.464. The van der Waals surface area contributed by atoms with E-state index in [1.807, 2.05) is 0 Å². The first kappa shape index (κ1) is 23.1. The Morgan fingerprint density at radius 1 is 1.24 bits per heavy atom. The van der Waals surface area contributed by atoms with Crippen molar-refractivity contribution in [3.05, 3.63) is 65.4 Å². The number of aromatic nitrogens is 2.